The van der Waals surface area contributed by atoms with Gasteiger partial charge in [0.15, 0.2) is 0 Å². The van der Waals surface area contributed by atoms with E-state index in [-0.39, 0.29) is 0 Å². The zero-order chi connectivity index (χ0) is 17.9. The van der Waals surface area contributed by atoms with Crippen LogP contribution in [0, 0.1) is 6.92 Å². The van der Waals surface area contributed by atoms with Gasteiger partial charge in [0.05, 0.1) is 0 Å². The zero-order valence-electron chi connectivity index (χ0n) is 14.3. The number of aryl methyl sites for hydroxylation is 1. The van der Waals surface area contributed by atoms with Crippen molar-refractivity contribution in [2.45, 2.75) is 39.7 Å². The van der Waals surface area contributed by atoms with E-state index < -0.39 is 20.8 Å². The Morgan fingerprint density at radius 2 is 1.67 bits per heavy atom. The quantitative estimate of drug-likeness (QED) is 0.537. The summed E-state index contributed by atoms with van der Waals surface area (Å²) in [5.41, 5.74) is 3.93. The van der Waals surface area contributed by atoms with Crippen LogP contribution in [0.1, 0.15) is 37.8 Å². The molecule has 2 aromatic carbocycles. The molecule has 0 aliphatic heterocycles. The van der Waals surface area contributed by atoms with Gasteiger partial charge in [-0.2, -0.15) is 0 Å². The Morgan fingerprint density at radius 1 is 1.08 bits per heavy atom. The van der Waals surface area contributed by atoms with Crippen LogP contribution in [0.15, 0.2) is 47.5 Å². The zero-order valence-corrected chi connectivity index (χ0v) is 18.2. The van der Waals surface area contributed by atoms with Crippen molar-refractivity contribution in [2.75, 3.05) is 0 Å². The molecule has 2 rings (SSSR count). The summed E-state index contributed by atoms with van der Waals surface area (Å²) in [6.45, 7) is 6.20. The third kappa shape index (κ3) is 6.71. The van der Waals surface area contributed by atoms with Gasteiger partial charge >= 0.3 is 37.9 Å². The molecule has 0 saturated heterocycles. The van der Waals surface area contributed by atoms with E-state index in [1.54, 1.807) is 0 Å². The van der Waals surface area contributed by atoms with Crippen LogP contribution < -0.4 is 0 Å². The Morgan fingerprint density at radius 3 is 2.21 bits per heavy atom. The summed E-state index contributed by atoms with van der Waals surface area (Å²) in [5.74, 6) is 0.324. The van der Waals surface area contributed by atoms with Gasteiger partial charge in [-0.1, -0.05) is 44.2 Å². The van der Waals surface area contributed by atoms with E-state index in [4.69, 9.17) is 17.0 Å². The maximum atomic E-state index is 10.2. The second kappa shape index (κ2) is 11.8. The molecule has 128 valence electrons. The fraction of sp³-hybridized carbons (Fsp3) is 0.316. The summed E-state index contributed by atoms with van der Waals surface area (Å²) in [5, 5.41) is 10.2. The van der Waals surface area contributed by atoms with Crippen LogP contribution in [0.2, 0.25) is 0 Å². The van der Waals surface area contributed by atoms with Gasteiger partial charge < -0.3 is 5.11 Å². The second-order valence-electron chi connectivity index (χ2n) is 5.42. The molecule has 0 aliphatic carbocycles. The van der Waals surface area contributed by atoms with Crippen molar-refractivity contribution in [3.8, 4) is 16.9 Å². The Hall–Kier alpha value is -0.627. The number of rotatable bonds is 5. The van der Waals surface area contributed by atoms with Gasteiger partial charge in [-0.15, -0.1) is 0 Å². The molecule has 24 heavy (non-hydrogen) atoms. The van der Waals surface area contributed by atoms with Gasteiger partial charge in [0.1, 0.15) is 5.75 Å². The predicted octanol–water partition coefficient (Wildman–Crippen LogP) is 6.35. The van der Waals surface area contributed by atoms with Crippen molar-refractivity contribution in [3.63, 3.8) is 0 Å². The molecule has 1 N–H and O–H groups in total. The van der Waals surface area contributed by atoms with Gasteiger partial charge in [0, 0.05) is 17.8 Å². The molecule has 0 unspecified atom stereocenters. The topological polar surface area (TPSA) is 32.6 Å². The summed E-state index contributed by atoms with van der Waals surface area (Å²) in [6.07, 6.45) is 3.85. The first-order chi connectivity index (χ1) is 11.6. The standard InChI is InChI=1S/C19H23NO.2ClH.Zr/c1-4-18(5-2)20-13-17-12-16(11-14(3)19(17)21)15-9-7-6-8-10-15;;;/h6-13,18,21H,4-5H2,1-3H3;2*1H;/q;;;+2/p-2. The van der Waals surface area contributed by atoms with Crippen LogP contribution in [-0.2, 0) is 20.8 Å². The van der Waals surface area contributed by atoms with Crippen LogP contribution >= 0.6 is 17.0 Å². The molecule has 0 spiro atoms. The molecule has 0 amide bonds. The third-order valence-electron chi connectivity index (χ3n) is 3.80. The normalized spacial score (nSPS) is 10.6. The Balaban J connectivity index is 0.000000891. The second-order valence-corrected chi connectivity index (χ2v) is 9.15. The fourth-order valence-electron chi connectivity index (χ4n) is 2.39. The predicted molar refractivity (Wildman–Crippen MR) is 102 cm³/mol. The number of phenols is 1. The summed E-state index contributed by atoms with van der Waals surface area (Å²) in [4.78, 5) is 4.58. The fourth-order valence-corrected chi connectivity index (χ4v) is 2.39. The van der Waals surface area contributed by atoms with Gasteiger partial charge in [0.2, 0.25) is 0 Å². The number of aliphatic imine (C=N–C) groups is 1. The van der Waals surface area contributed by atoms with E-state index in [0.717, 1.165) is 35.1 Å². The molecular weight excluding hydrogens is 420 g/mol. The monoisotopic (exact) mass is 441 g/mol. The molecular formula is C19H23Cl2NOZr. The van der Waals surface area contributed by atoms with E-state index in [1.165, 1.54) is 0 Å². The van der Waals surface area contributed by atoms with E-state index in [2.05, 4.69) is 31.0 Å². The SMILES string of the molecule is CCC(CC)N=Cc1cc(-c2ccccc2)cc(C)c1O.[Cl][Zr][Cl]. The molecule has 0 saturated carbocycles. The van der Waals surface area contributed by atoms with Crippen molar-refractivity contribution >= 4 is 23.2 Å². The number of nitrogens with zero attached hydrogens (tertiary/aromatic N) is 1. The van der Waals surface area contributed by atoms with Crippen LogP contribution in [0.25, 0.3) is 11.1 Å². The molecule has 0 radical (unpaired) electrons. The third-order valence-corrected chi connectivity index (χ3v) is 3.80. The van der Waals surface area contributed by atoms with Gasteiger partial charge in [-0.3, -0.25) is 4.99 Å². The van der Waals surface area contributed by atoms with E-state index >= 15 is 0 Å². The van der Waals surface area contributed by atoms with Crippen LogP contribution in [-0.4, -0.2) is 17.4 Å². The molecule has 2 aromatic rings. The Labute approximate surface area is 163 Å². The molecule has 0 aromatic heterocycles. The van der Waals surface area contributed by atoms with Gasteiger partial charge in [-0.25, -0.2) is 0 Å². The number of hydrogen-bond acceptors (Lipinski definition) is 2. The number of phenolic OH excluding ortho intramolecular Hbond substituents is 1. The molecule has 0 heterocycles. The van der Waals surface area contributed by atoms with Crippen molar-refractivity contribution in [3.05, 3.63) is 53.6 Å². The van der Waals surface area contributed by atoms with E-state index in [1.807, 2.05) is 43.5 Å². The number of halogens is 2. The minimum atomic E-state index is -0.826. The molecule has 0 fully saturated rings. The van der Waals surface area contributed by atoms with Crippen LogP contribution in [0.4, 0.5) is 0 Å². The average molecular weight is 444 g/mol. The van der Waals surface area contributed by atoms with Crippen molar-refractivity contribution in [1.29, 1.82) is 0 Å². The summed E-state index contributed by atoms with van der Waals surface area (Å²) < 4.78 is 0. The first-order valence-corrected chi connectivity index (χ1v) is 14.3. The van der Waals surface area contributed by atoms with Gasteiger partial charge in [0.25, 0.3) is 0 Å². The summed E-state index contributed by atoms with van der Waals surface area (Å²) in [6, 6.07) is 14.5. The maximum absolute atomic E-state index is 10.2. The van der Waals surface area contributed by atoms with Crippen molar-refractivity contribution in [1.82, 2.24) is 0 Å². The molecule has 0 atom stereocenters. The molecule has 0 bridgehead atoms. The minimum absolute atomic E-state index is 0.324. The first kappa shape index (κ1) is 21.4. The van der Waals surface area contributed by atoms with Crippen molar-refractivity contribution < 1.29 is 26.0 Å². The Kier molecular flexibility index (Phi) is 10.6. The summed E-state index contributed by atoms with van der Waals surface area (Å²) in [7, 11) is 9.87. The van der Waals surface area contributed by atoms with Crippen molar-refractivity contribution in [2.24, 2.45) is 4.99 Å². The summed E-state index contributed by atoms with van der Waals surface area (Å²) >= 11 is -0.826. The number of aromatic hydroxyl groups is 1. The Bertz CT molecular complexity index is 643. The van der Waals surface area contributed by atoms with E-state index in [9.17, 15) is 5.11 Å². The van der Waals surface area contributed by atoms with Crippen LogP contribution in [0.3, 0.4) is 0 Å². The number of hydrogen-bond donors (Lipinski definition) is 1. The van der Waals surface area contributed by atoms with Gasteiger partial charge in [-0.05, 0) is 48.6 Å². The first-order valence-electron chi connectivity index (χ1n) is 7.95. The average Bonchev–Trinajstić information content (AvgIpc) is 2.60. The van der Waals surface area contributed by atoms with E-state index in [0.29, 0.717) is 11.8 Å². The molecule has 2 nitrogen and oxygen atoms in total. The molecule has 5 heteroatoms. The van der Waals surface area contributed by atoms with Crippen LogP contribution in [0.5, 0.6) is 5.75 Å². The molecule has 0 aliphatic rings. The number of benzene rings is 2.